The van der Waals surface area contributed by atoms with Crippen LogP contribution in [0.15, 0.2) is 40.5 Å². The molecule has 8 nitrogen and oxygen atoms in total. The number of rotatable bonds is 4. The number of allylic oxidation sites excluding steroid dienone is 1. The number of guanidine groups is 1. The number of hydrogen-bond acceptors (Lipinski definition) is 5. The van der Waals surface area contributed by atoms with Gasteiger partial charge in [-0.1, -0.05) is 12.6 Å². The molecule has 1 saturated heterocycles. The number of carbonyl (C=O) groups is 1. The van der Waals surface area contributed by atoms with E-state index in [1.807, 2.05) is 6.07 Å². The molecule has 156 valence electrons. The zero-order valence-corrected chi connectivity index (χ0v) is 17.4. The molecule has 1 unspecified atom stereocenters. The topological polar surface area (TPSA) is 78.8 Å². The van der Waals surface area contributed by atoms with Crippen LogP contribution in [0.3, 0.4) is 0 Å². The fraction of sp³-hybridized carbons (Fsp3) is 0.476. The molecule has 0 saturated carbocycles. The Morgan fingerprint density at radius 1 is 1.21 bits per heavy atom. The third-order valence-electron chi connectivity index (χ3n) is 5.07. The third-order valence-corrected chi connectivity index (χ3v) is 5.07. The second-order valence-corrected chi connectivity index (χ2v) is 7.09. The van der Waals surface area contributed by atoms with Gasteiger partial charge < -0.3 is 19.7 Å². The third kappa shape index (κ3) is 5.35. The van der Waals surface area contributed by atoms with E-state index >= 15 is 0 Å². The first kappa shape index (κ1) is 20.9. The van der Waals surface area contributed by atoms with E-state index in [1.54, 1.807) is 7.05 Å². The molecule has 2 aliphatic heterocycles. The Hall–Kier alpha value is -2.87. The number of hydrogen-bond donors (Lipinski definition) is 1. The summed E-state index contributed by atoms with van der Waals surface area (Å²) in [7, 11) is 1.72. The van der Waals surface area contributed by atoms with E-state index in [0.29, 0.717) is 24.9 Å². The molecule has 1 aromatic carbocycles. The van der Waals surface area contributed by atoms with Gasteiger partial charge in [-0.3, -0.25) is 14.7 Å². The minimum Gasteiger partial charge on any atom is -0.486 e. The number of aliphatic imine (C=N–C) groups is 2. The quantitative estimate of drug-likeness (QED) is 0.617. The van der Waals surface area contributed by atoms with Gasteiger partial charge >= 0.3 is 0 Å². The zero-order chi connectivity index (χ0) is 20.8. The molecular weight excluding hydrogens is 370 g/mol. The molecule has 0 aromatic heterocycles. The van der Waals surface area contributed by atoms with Gasteiger partial charge in [0.05, 0.1) is 11.9 Å². The van der Waals surface area contributed by atoms with Crippen LogP contribution in [0.2, 0.25) is 0 Å². The number of nitrogens with zero attached hydrogens (tertiary/aromatic N) is 4. The number of benzene rings is 1. The number of carbonyl (C=O) groups excluding carboxylic acids is 1. The summed E-state index contributed by atoms with van der Waals surface area (Å²) in [4.78, 5) is 24.3. The summed E-state index contributed by atoms with van der Waals surface area (Å²) >= 11 is 0. The minimum absolute atomic E-state index is 0.168. The Morgan fingerprint density at radius 2 is 1.90 bits per heavy atom. The Kier molecular flexibility index (Phi) is 6.87. The number of ether oxygens (including phenoxy) is 2. The van der Waals surface area contributed by atoms with E-state index in [4.69, 9.17) is 9.47 Å². The molecular formula is C21H29N5O3. The van der Waals surface area contributed by atoms with E-state index in [2.05, 4.69) is 50.7 Å². The van der Waals surface area contributed by atoms with Crippen molar-refractivity contribution in [3.8, 4) is 11.5 Å². The maximum absolute atomic E-state index is 11.1. The first-order valence-electron chi connectivity index (χ1n) is 9.84. The highest BCUT2D eigenvalue weighted by Gasteiger charge is 2.24. The highest BCUT2D eigenvalue weighted by atomic mass is 16.6. The van der Waals surface area contributed by atoms with E-state index in [1.165, 1.54) is 18.7 Å². The molecule has 29 heavy (non-hydrogen) atoms. The molecule has 0 bridgehead atoms. The summed E-state index contributed by atoms with van der Waals surface area (Å²) in [5.74, 6) is 2.12. The number of fused-ring (bicyclic) bond motifs is 1. The summed E-state index contributed by atoms with van der Waals surface area (Å²) in [6.45, 7) is 12.1. The molecule has 1 fully saturated rings. The highest BCUT2D eigenvalue weighted by Crippen LogP contribution is 2.34. The Morgan fingerprint density at radius 3 is 2.55 bits per heavy atom. The monoisotopic (exact) mass is 399 g/mol. The number of nitrogens with one attached hydrogen (secondary N) is 1. The zero-order valence-electron chi connectivity index (χ0n) is 17.4. The van der Waals surface area contributed by atoms with Gasteiger partial charge in [-0.05, 0) is 24.6 Å². The normalized spacial score (nSPS) is 18.6. The lowest BCUT2D eigenvalue weighted by molar-refractivity contribution is -0.118. The van der Waals surface area contributed by atoms with E-state index < -0.39 is 0 Å². The van der Waals surface area contributed by atoms with Gasteiger partial charge in [-0.15, -0.1) is 0 Å². The predicted molar refractivity (Wildman–Crippen MR) is 114 cm³/mol. The fourth-order valence-electron chi connectivity index (χ4n) is 3.51. The molecule has 2 aliphatic rings. The van der Waals surface area contributed by atoms with Crippen molar-refractivity contribution >= 4 is 18.1 Å². The van der Waals surface area contributed by atoms with Crippen LogP contribution >= 0.6 is 0 Å². The van der Waals surface area contributed by atoms with Crippen molar-refractivity contribution in [2.75, 3.05) is 46.4 Å². The van der Waals surface area contributed by atoms with Gasteiger partial charge in [0.15, 0.2) is 11.5 Å². The maximum Gasteiger partial charge on any atom is 0.221 e. The van der Waals surface area contributed by atoms with Crippen molar-refractivity contribution in [3.05, 3.63) is 36.0 Å². The fourth-order valence-corrected chi connectivity index (χ4v) is 3.51. The van der Waals surface area contributed by atoms with E-state index in [9.17, 15) is 4.79 Å². The van der Waals surface area contributed by atoms with Gasteiger partial charge in [0.2, 0.25) is 11.9 Å². The van der Waals surface area contributed by atoms with Crippen LogP contribution in [0.1, 0.15) is 25.5 Å². The molecule has 3 rings (SSSR count). The number of piperazine rings is 1. The standard InChI is InChI=1S/C21H29N5O3/c1-15(24-17(3)27)14-23-21(22-4)26-9-7-25(8-10-26)16(2)18-5-6-19-20(13-18)29-12-11-28-19/h5-6,13-14,16H,1,7-12H2,2-4H3,(H,24,27)/b22-21+,23-14-. The Labute approximate surface area is 171 Å². The molecule has 1 N–H and O–H groups in total. The van der Waals surface area contributed by atoms with Crippen LogP contribution in [0.25, 0.3) is 0 Å². The van der Waals surface area contributed by atoms with Crippen LogP contribution in [-0.2, 0) is 4.79 Å². The SMILES string of the molecule is C=C(/C=N\C(=N/C)N1CCN(C(C)c2ccc3c(c2)OCCO3)CC1)NC(C)=O. The maximum atomic E-state index is 11.1. The van der Waals surface area contributed by atoms with Crippen molar-refractivity contribution in [2.45, 2.75) is 19.9 Å². The molecule has 2 heterocycles. The van der Waals surface area contributed by atoms with Crippen molar-refractivity contribution < 1.29 is 14.3 Å². The summed E-state index contributed by atoms with van der Waals surface area (Å²) in [6, 6.07) is 6.47. The van der Waals surface area contributed by atoms with Crippen LogP contribution in [0.5, 0.6) is 11.5 Å². The summed E-state index contributed by atoms with van der Waals surface area (Å²) < 4.78 is 11.3. The highest BCUT2D eigenvalue weighted by molar-refractivity contribution is 5.95. The lowest BCUT2D eigenvalue weighted by Gasteiger charge is -2.38. The summed E-state index contributed by atoms with van der Waals surface area (Å²) in [5.41, 5.74) is 1.67. The lowest BCUT2D eigenvalue weighted by Crippen LogP contribution is -2.49. The van der Waals surface area contributed by atoms with Gasteiger partial charge in [0.1, 0.15) is 13.2 Å². The predicted octanol–water partition coefficient (Wildman–Crippen LogP) is 1.84. The Balaban J connectivity index is 1.57. The van der Waals surface area contributed by atoms with Crippen molar-refractivity contribution in [1.29, 1.82) is 0 Å². The molecule has 8 heteroatoms. The molecule has 1 atom stereocenters. The smallest absolute Gasteiger partial charge is 0.221 e. The van der Waals surface area contributed by atoms with Crippen molar-refractivity contribution in [2.24, 2.45) is 9.98 Å². The van der Waals surface area contributed by atoms with Crippen LogP contribution in [0.4, 0.5) is 0 Å². The largest absolute Gasteiger partial charge is 0.486 e. The van der Waals surface area contributed by atoms with E-state index in [0.717, 1.165) is 37.7 Å². The molecule has 1 amide bonds. The number of amides is 1. The van der Waals surface area contributed by atoms with Crippen molar-refractivity contribution in [3.63, 3.8) is 0 Å². The van der Waals surface area contributed by atoms with Crippen molar-refractivity contribution in [1.82, 2.24) is 15.1 Å². The molecule has 0 radical (unpaired) electrons. The van der Waals surface area contributed by atoms with Gasteiger partial charge in [-0.25, -0.2) is 4.99 Å². The van der Waals surface area contributed by atoms with Gasteiger partial charge in [-0.2, -0.15) is 0 Å². The van der Waals surface area contributed by atoms with Gasteiger partial charge in [0.25, 0.3) is 0 Å². The first-order valence-corrected chi connectivity index (χ1v) is 9.84. The second-order valence-electron chi connectivity index (χ2n) is 7.09. The summed E-state index contributed by atoms with van der Waals surface area (Å²) in [5, 5.41) is 2.60. The molecule has 1 aromatic rings. The van der Waals surface area contributed by atoms with Crippen LogP contribution < -0.4 is 14.8 Å². The summed E-state index contributed by atoms with van der Waals surface area (Å²) in [6.07, 6.45) is 1.54. The van der Waals surface area contributed by atoms with Gasteiger partial charge in [0, 0.05) is 46.2 Å². The van der Waals surface area contributed by atoms with E-state index in [-0.39, 0.29) is 11.9 Å². The lowest BCUT2D eigenvalue weighted by atomic mass is 10.0. The van der Waals surface area contributed by atoms with Crippen LogP contribution in [-0.4, -0.2) is 74.3 Å². The molecule has 0 aliphatic carbocycles. The molecule has 0 spiro atoms. The first-order chi connectivity index (χ1) is 14.0. The Bertz CT molecular complexity index is 813. The second kappa shape index (κ2) is 9.56. The minimum atomic E-state index is -0.168. The van der Waals surface area contributed by atoms with Crippen LogP contribution in [0, 0.1) is 0 Å². The average Bonchev–Trinajstić information content (AvgIpc) is 2.73. The average molecular weight is 399 g/mol.